The Morgan fingerprint density at radius 3 is 2.67 bits per heavy atom. The Hall–Kier alpha value is -2.27. The minimum Gasteiger partial charge on any atom is -0.389 e. The number of anilines is 1. The normalized spacial score (nSPS) is 10.2. The number of benzene rings is 2. The molecule has 0 saturated heterocycles. The quantitative estimate of drug-likeness (QED) is 0.854. The smallest absolute Gasteiger partial charge is 0.228 e. The van der Waals surface area contributed by atoms with Crippen LogP contribution in [0.25, 0.3) is 0 Å². The summed E-state index contributed by atoms with van der Waals surface area (Å²) >= 11 is 4.92. The van der Waals surface area contributed by atoms with Crippen LogP contribution in [0, 0.1) is 12.7 Å². The highest BCUT2D eigenvalue weighted by molar-refractivity contribution is 7.80. The molecule has 0 aliphatic carbocycles. The molecule has 0 aliphatic heterocycles. The monoisotopic (exact) mass is 302 g/mol. The van der Waals surface area contributed by atoms with Gasteiger partial charge in [-0.15, -0.1) is 0 Å². The summed E-state index contributed by atoms with van der Waals surface area (Å²) in [6, 6.07) is 11.6. The van der Waals surface area contributed by atoms with E-state index in [1.165, 1.54) is 6.07 Å². The zero-order chi connectivity index (χ0) is 15.4. The first-order chi connectivity index (χ1) is 9.97. The largest absolute Gasteiger partial charge is 0.389 e. The van der Waals surface area contributed by atoms with E-state index >= 15 is 0 Å². The number of carbonyl (C=O) groups excluding carboxylic acids is 1. The van der Waals surface area contributed by atoms with E-state index in [-0.39, 0.29) is 23.1 Å². The third kappa shape index (κ3) is 3.86. The Kier molecular flexibility index (Phi) is 4.65. The molecular weight excluding hydrogens is 287 g/mol. The Balaban J connectivity index is 2.15. The summed E-state index contributed by atoms with van der Waals surface area (Å²) < 4.78 is 13.5. The molecule has 0 unspecified atom stereocenters. The van der Waals surface area contributed by atoms with E-state index < -0.39 is 0 Å². The molecule has 108 valence electrons. The van der Waals surface area contributed by atoms with Gasteiger partial charge in [0, 0.05) is 11.3 Å². The molecule has 21 heavy (non-hydrogen) atoms. The van der Waals surface area contributed by atoms with Crippen molar-refractivity contribution in [3.8, 4) is 0 Å². The summed E-state index contributed by atoms with van der Waals surface area (Å²) in [6.45, 7) is 1.86. The highest BCUT2D eigenvalue weighted by Crippen LogP contribution is 2.18. The van der Waals surface area contributed by atoms with Gasteiger partial charge >= 0.3 is 0 Å². The SMILES string of the molecule is Cc1ccc(C(N)=S)cc1NC(=O)Cc1ccccc1F. The molecule has 0 atom stereocenters. The number of hydrogen-bond acceptors (Lipinski definition) is 2. The number of carbonyl (C=O) groups is 1. The number of nitrogens with two attached hydrogens (primary N) is 1. The van der Waals surface area contributed by atoms with Gasteiger partial charge in [-0.1, -0.05) is 42.5 Å². The first-order valence-corrected chi connectivity index (χ1v) is 6.82. The number of rotatable bonds is 4. The van der Waals surface area contributed by atoms with Crippen LogP contribution in [0.5, 0.6) is 0 Å². The maximum Gasteiger partial charge on any atom is 0.228 e. The second kappa shape index (κ2) is 6.45. The molecule has 2 rings (SSSR count). The summed E-state index contributed by atoms with van der Waals surface area (Å²) in [5.41, 5.74) is 8.13. The van der Waals surface area contributed by atoms with E-state index in [1.54, 1.807) is 30.3 Å². The van der Waals surface area contributed by atoms with E-state index in [2.05, 4.69) is 5.32 Å². The zero-order valence-electron chi connectivity index (χ0n) is 11.5. The molecule has 5 heteroatoms. The van der Waals surface area contributed by atoms with Crippen LogP contribution in [0.4, 0.5) is 10.1 Å². The molecule has 0 spiro atoms. The van der Waals surface area contributed by atoms with Crippen LogP contribution in [0.3, 0.4) is 0 Å². The first-order valence-electron chi connectivity index (χ1n) is 6.41. The average Bonchev–Trinajstić information content (AvgIpc) is 2.43. The van der Waals surface area contributed by atoms with Crippen molar-refractivity contribution in [1.29, 1.82) is 0 Å². The second-order valence-electron chi connectivity index (χ2n) is 4.71. The number of amides is 1. The van der Waals surface area contributed by atoms with Crippen molar-refractivity contribution in [2.24, 2.45) is 5.73 Å². The third-order valence-electron chi connectivity index (χ3n) is 3.11. The van der Waals surface area contributed by atoms with Crippen LogP contribution in [-0.2, 0) is 11.2 Å². The van der Waals surface area contributed by atoms with Crippen molar-refractivity contribution in [2.45, 2.75) is 13.3 Å². The molecule has 3 nitrogen and oxygen atoms in total. The molecule has 0 bridgehead atoms. The van der Waals surface area contributed by atoms with Crippen molar-refractivity contribution in [3.05, 3.63) is 65.0 Å². The minimum atomic E-state index is -0.388. The minimum absolute atomic E-state index is 0.0244. The van der Waals surface area contributed by atoms with Gasteiger partial charge in [0.2, 0.25) is 5.91 Å². The Bertz CT molecular complexity index is 700. The van der Waals surface area contributed by atoms with Gasteiger partial charge in [0.1, 0.15) is 10.8 Å². The topological polar surface area (TPSA) is 55.1 Å². The van der Waals surface area contributed by atoms with Crippen molar-refractivity contribution < 1.29 is 9.18 Å². The highest BCUT2D eigenvalue weighted by Gasteiger charge is 2.10. The third-order valence-corrected chi connectivity index (χ3v) is 3.34. The predicted octanol–water partition coefficient (Wildman–Crippen LogP) is 2.95. The lowest BCUT2D eigenvalue weighted by atomic mass is 10.1. The summed E-state index contributed by atoms with van der Waals surface area (Å²) in [5, 5.41) is 2.76. The summed E-state index contributed by atoms with van der Waals surface area (Å²) in [6.07, 6.45) is -0.0244. The first kappa shape index (κ1) is 15.1. The molecule has 0 radical (unpaired) electrons. The van der Waals surface area contributed by atoms with Crippen LogP contribution in [0.1, 0.15) is 16.7 Å². The maximum absolute atomic E-state index is 13.5. The van der Waals surface area contributed by atoms with Crippen LogP contribution in [0.2, 0.25) is 0 Å². The fraction of sp³-hybridized carbons (Fsp3) is 0.125. The van der Waals surface area contributed by atoms with Crippen molar-refractivity contribution in [2.75, 3.05) is 5.32 Å². The zero-order valence-corrected chi connectivity index (χ0v) is 12.3. The van der Waals surface area contributed by atoms with E-state index in [0.717, 1.165) is 5.56 Å². The van der Waals surface area contributed by atoms with Gasteiger partial charge in [-0.05, 0) is 30.2 Å². The van der Waals surface area contributed by atoms with Gasteiger partial charge < -0.3 is 11.1 Å². The van der Waals surface area contributed by atoms with Crippen LogP contribution in [-0.4, -0.2) is 10.9 Å². The highest BCUT2D eigenvalue weighted by atomic mass is 32.1. The molecule has 1 amide bonds. The van der Waals surface area contributed by atoms with Crippen molar-refractivity contribution in [3.63, 3.8) is 0 Å². The van der Waals surface area contributed by atoms with Gasteiger partial charge in [-0.3, -0.25) is 4.79 Å². The molecule has 3 N–H and O–H groups in total. The molecule has 0 saturated carbocycles. The molecule has 0 aliphatic rings. The Morgan fingerprint density at radius 2 is 2.00 bits per heavy atom. The summed E-state index contributed by atoms with van der Waals surface area (Å²) in [7, 11) is 0. The Morgan fingerprint density at radius 1 is 1.29 bits per heavy atom. The standard InChI is InChI=1S/C16H15FN2OS/c1-10-6-7-12(16(18)21)8-14(10)19-15(20)9-11-4-2-3-5-13(11)17/h2-8H,9H2,1H3,(H2,18,21)(H,19,20). The van der Waals surface area contributed by atoms with Crippen LogP contribution >= 0.6 is 12.2 Å². The number of halogens is 1. The van der Waals surface area contributed by atoms with Crippen LogP contribution in [0.15, 0.2) is 42.5 Å². The number of hydrogen-bond donors (Lipinski definition) is 2. The molecule has 0 fully saturated rings. The lowest BCUT2D eigenvalue weighted by Crippen LogP contribution is -2.17. The fourth-order valence-corrected chi connectivity index (χ4v) is 2.05. The molecule has 2 aromatic carbocycles. The van der Waals surface area contributed by atoms with E-state index in [4.69, 9.17) is 18.0 Å². The lowest BCUT2D eigenvalue weighted by Gasteiger charge is -2.10. The molecule has 0 aromatic heterocycles. The predicted molar refractivity (Wildman–Crippen MR) is 85.8 cm³/mol. The Labute approximate surface area is 128 Å². The molecule has 0 heterocycles. The number of aryl methyl sites for hydroxylation is 1. The maximum atomic E-state index is 13.5. The second-order valence-corrected chi connectivity index (χ2v) is 5.15. The van der Waals surface area contributed by atoms with Crippen molar-refractivity contribution in [1.82, 2.24) is 0 Å². The van der Waals surface area contributed by atoms with Crippen LogP contribution < -0.4 is 11.1 Å². The number of thiocarbonyl (C=S) groups is 1. The summed E-state index contributed by atoms with van der Waals surface area (Å²) in [4.78, 5) is 12.3. The fourth-order valence-electron chi connectivity index (χ4n) is 1.92. The van der Waals surface area contributed by atoms with Gasteiger partial charge in [-0.25, -0.2) is 4.39 Å². The number of nitrogens with one attached hydrogen (secondary N) is 1. The van der Waals surface area contributed by atoms with E-state index in [1.807, 2.05) is 13.0 Å². The summed E-state index contributed by atoms with van der Waals surface area (Å²) in [5.74, 6) is -0.676. The van der Waals surface area contributed by atoms with Gasteiger partial charge in [-0.2, -0.15) is 0 Å². The van der Waals surface area contributed by atoms with Crippen molar-refractivity contribution >= 4 is 28.8 Å². The van der Waals surface area contributed by atoms with E-state index in [0.29, 0.717) is 16.8 Å². The van der Waals surface area contributed by atoms with Gasteiger partial charge in [0.15, 0.2) is 0 Å². The van der Waals surface area contributed by atoms with Gasteiger partial charge in [0.25, 0.3) is 0 Å². The average molecular weight is 302 g/mol. The van der Waals surface area contributed by atoms with E-state index in [9.17, 15) is 9.18 Å². The lowest BCUT2D eigenvalue weighted by molar-refractivity contribution is -0.115. The molecular formula is C16H15FN2OS. The van der Waals surface area contributed by atoms with Gasteiger partial charge in [0.05, 0.1) is 6.42 Å². The molecule has 2 aromatic rings.